The highest BCUT2D eigenvalue weighted by Gasteiger charge is 2.44. The van der Waals surface area contributed by atoms with Crippen LogP contribution in [0.25, 0.3) is 5.69 Å². The smallest absolute Gasteiger partial charge is 0.433 e. The first kappa shape index (κ1) is 23.5. The summed E-state index contributed by atoms with van der Waals surface area (Å²) in [7, 11) is 0.979. The molecule has 0 amide bonds. The van der Waals surface area contributed by atoms with Gasteiger partial charge in [0, 0.05) is 18.1 Å². The Kier molecular flexibility index (Phi) is 6.18. The Bertz CT molecular complexity index is 1160. The first-order valence-corrected chi connectivity index (χ1v) is 9.46. The summed E-state index contributed by atoms with van der Waals surface area (Å²) in [5.41, 5.74) is -4.45. The molecule has 8 nitrogen and oxygen atoms in total. The van der Waals surface area contributed by atoms with E-state index in [9.17, 15) is 27.2 Å². The van der Waals surface area contributed by atoms with Crippen molar-refractivity contribution in [3.63, 3.8) is 0 Å². The van der Waals surface area contributed by atoms with Gasteiger partial charge in [0.25, 0.3) is 5.56 Å². The van der Waals surface area contributed by atoms with E-state index in [4.69, 9.17) is 25.9 Å². The fourth-order valence-electron chi connectivity index (χ4n) is 2.97. The van der Waals surface area contributed by atoms with E-state index >= 15 is 0 Å². The molecule has 0 bridgehead atoms. The third-order valence-electron chi connectivity index (χ3n) is 4.52. The number of nitrogens with zero attached hydrogens (tertiary/aromatic N) is 3. The molecule has 1 unspecified atom stereocenters. The molecule has 0 spiro atoms. The van der Waals surface area contributed by atoms with Crippen molar-refractivity contribution in [3.8, 4) is 11.7 Å². The number of carbonyl (C=O) groups excluding carboxylic acids is 1. The van der Waals surface area contributed by atoms with E-state index in [-0.39, 0.29) is 35.4 Å². The zero-order valence-corrected chi connectivity index (χ0v) is 17.7. The van der Waals surface area contributed by atoms with Gasteiger partial charge in [-0.3, -0.25) is 4.79 Å². The van der Waals surface area contributed by atoms with Crippen LogP contribution in [-0.4, -0.2) is 40.5 Å². The number of halogens is 5. The Morgan fingerprint density at radius 1 is 1.34 bits per heavy atom. The summed E-state index contributed by atoms with van der Waals surface area (Å²) in [5, 5.41) is 3.69. The second-order valence-corrected chi connectivity index (χ2v) is 7.25. The van der Waals surface area contributed by atoms with Crippen molar-refractivity contribution >= 4 is 23.3 Å². The fourth-order valence-corrected chi connectivity index (χ4v) is 3.23. The van der Waals surface area contributed by atoms with Crippen molar-refractivity contribution in [2.75, 3.05) is 13.7 Å². The summed E-state index contributed by atoms with van der Waals surface area (Å²) in [4.78, 5) is 33.0. The number of carbonyl (C=O) groups is 1. The number of ether oxygens (including phenoxy) is 2. The van der Waals surface area contributed by atoms with Gasteiger partial charge in [-0.25, -0.2) is 13.8 Å². The molecule has 32 heavy (non-hydrogen) atoms. The van der Waals surface area contributed by atoms with E-state index in [0.717, 1.165) is 19.2 Å². The summed E-state index contributed by atoms with van der Waals surface area (Å²) in [6, 6.07) is 1.34. The average Bonchev–Trinajstić information content (AvgIpc) is 3.11. The second-order valence-electron chi connectivity index (χ2n) is 6.84. The Balaban J connectivity index is 2.10. The molecule has 2 aromatic rings. The van der Waals surface area contributed by atoms with E-state index in [1.54, 1.807) is 6.92 Å². The normalized spacial score (nSPS) is 18.2. The van der Waals surface area contributed by atoms with Crippen LogP contribution >= 0.6 is 11.6 Å². The number of oxime groups is 1. The zero-order chi connectivity index (χ0) is 23.8. The first-order chi connectivity index (χ1) is 14.9. The number of hydrogen-bond acceptors (Lipinski definition) is 7. The van der Waals surface area contributed by atoms with Crippen molar-refractivity contribution in [2.45, 2.75) is 32.0 Å². The van der Waals surface area contributed by atoms with Crippen LogP contribution in [0, 0.1) is 5.82 Å². The highest BCUT2D eigenvalue weighted by atomic mass is 35.5. The Hall–Kier alpha value is -3.15. The van der Waals surface area contributed by atoms with Crippen LogP contribution in [0.1, 0.15) is 31.5 Å². The summed E-state index contributed by atoms with van der Waals surface area (Å²) >= 11 is 6.13. The molecular weight excluding hydrogens is 462 g/mol. The zero-order valence-electron chi connectivity index (χ0n) is 16.9. The Morgan fingerprint density at radius 2 is 2.03 bits per heavy atom. The highest BCUT2D eigenvalue weighted by molar-refractivity contribution is 6.34. The highest BCUT2D eigenvalue weighted by Crippen LogP contribution is 2.33. The van der Waals surface area contributed by atoms with Crippen LogP contribution in [0.4, 0.5) is 17.6 Å². The lowest BCUT2D eigenvalue weighted by Crippen LogP contribution is -2.37. The molecule has 1 aliphatic rings. The SMILES string of the molecule is CCOC(=O)C1(C)CC(c2cc(-n3c(OC)nc(C(F)(F)F)cc3=O)c(F)cc2Cl)=NO1. The van der Waals surface area contributed by atoms with Gasteiger partial charge < -0.3 is 14.3 Å². The van der Waals surface area contributed by atoms with Crippen LogP contribution in [0.5, 0.6) is 6.01 Å². The second kappa shape index (κ2) is 8.41. The minimum Gasteiger partial charge on any atom is -0.468 e. The largest absolute Gasteiger partial charge is 0.468 e. The third-order valence-corrected chi connectivity index (χ3v) is 4.83. The number of benzene rings is 1. The van der Waals surface area contributed by atoms with Crippen molar-refractivity contribution in [1.29, 1.82) is 0 Å². The van der Waals surface area contributed by atoms with E-state index < -0.39 is 46.5 Å². The molecule has 0 aliphatic carbocycles. The van der Waals surface area contributed by atoms with Gasteiger partial charge in [0.2, 0.25) is 5.60 Å². The molecule has 1 atom stereocenters. The standard InChI is InChI=1S/C19H16ClF4N3O5/c1-4-31-16(29)18(2)8-12(26-32-18)9-5-13(11(21)6-10(9)20)27-15(28)7-14(19(22,23)24)25-17(27)30-3/h5-7H,4,8H2,1-3H3. The lowest BCUT2D eigenvalue weighted by molar-refractivity contribution is -0.166. The van der Waals surface area contributed by atoms with E-state index in [1.807, 2.05) is 0 Å². The molecule has 2 heterocycles. The molecule has 0 fully saturated rings. The fraction of sp³-hybridized carbons (Fsp3) is 0.368. The lowest BCUT2D eigenvalue weighted by atomic mass is 9.95. The maximum absolute atomic E-state index is 14.7. The average molecular weight is 478 g/mol. The number of aromatic nitrogens is 2. The van der Waals surface area contributed by atoms with Crippen LogP contribution < -0.4 is 10.3 Å². The number of hydrogen-bond donors (Lipinski definition) is 0. The van der Waals surface area contributed by atoms with Gasteiger partial charge in [-0.15, -0.1) is 0 Å². The van der Waals surface area contributed by atoms with Gasteiger partial charge in [0.1, 0.15) is 5.82 Å². The van der Waals surface area contributed by atoms with Gasteiger partial charge in [-0.05, 0) is 26.0 Å². The van der Waals surface area contributed by atoms with Crippen molar-refractivity contribution in [3.05, 3.63) is 50.7 Å². The van der Waals surface area contributed by atoms with Crippen molar-refractivity contribution in [1.82, 2.24) is 9.55 Å². The minimum atomic E-state index is -4.91. The Labute approximate surface area is 183 Å². The summed E-state index contributed by atoms with van der Waals surface area (Å²) < 4.78 is 63.9. The third kappa shape index (κ3) is 4.27. The number of alkyl halides is 3. The van der Waals surface area contributed by atoms with Gasteiger partial charge in [-0.1, -0.05) is 16.8 Å². The van der Waals surface area contributed by atoms with Crippen molar-refractivity contribution in [2.24, 2.45) is 5.16 Å². The molecule has 1 aromatic carbocycles. The van der Waals surface area contributed by atoms with Gasteiger partial charge >= 0.3 is 18.2 Å². The quantitative estimate of drug-likeness (QED) is 0.483. The van der Waals surface area contributed by atoms with E-state index in [2.05, 4.69) is 10.1 Å². The molecular formula is C19H16ClF4N3O5. The van der Waals surface area contributed by atoms with Gasteiger partial charge in [-0.2, -0.15) is 18.2 Å². The maximum Gasteiger partial charge on any atom is 0.433 e. The number of rotatable bonds is 5. The Morgan fingerprint density at radius 3 is 2.62 bits per heavy atom. The monoisotopic (exact) mass is 477 g/mol. The predicted octanol–water partition coefficient (Wildman–Crippen LogP) is 3.50. The number of methoxy groups -OCH3 is 1. The molecule has 0 saturated carbocycles. The van der Waals surface area contributed by atoms with Crippen LogP contribution in [-0.2, 0) is 20.5 Å². The van der Waals surface area contributed by atoms with E-state index in [0.29, 0.717) is 4.57 Å². The predicted molar refractivity (Wildman–Crippen MR) is 104 cm³/mol. The van der Waals surface area contributed by atoms with Gasteiger partial charge in [0.05, 0.1) is 30.1 Å². The number of esters is 1. The lowest BCUT2D eigenvalue weighted by Gasteiger charge is -2.19. The van der Waals surface area contributed by atoms with Crippen LogP contribution in [0.2, 0.25) is 5.02 Å². The molecule has 0 radical (unpaired) electrons. The maximum atomic E-state index is 14.7. The molecule has 0 saturated heterocycles. The molecule has 1 aromatic heterocycles. The van der Waals surface area contributed by atoms with Crippen LogP contribution in [0.15, 0.2) is 28.1 Å². The molecule has 3 rings (SSSR count). The topological polar surface area (TPSA) is 92.0 Å². The summed E-state index contributed by atoms with van der Waals surface area (Å²) in [6.45, 7) is 3.16. The van der Waals surface area contributed by atoms with Crippen molar-refractivity contribution < 1.29 is 36.7 Å². The molecule has 172 valence electrons. The summed E-state index contributed by atoms with van der Waals surface area (Å²) in [6.07, 6.45) is -5.00. The van der Waals surface area contributed by atoms with E-state index in [1.165, 1.54) is 6.92 Å². The van der Waals surface area contributed by atoms with Gasteiger partial charge in [0.15, 0.2) is 5.69 Å². The molecule has 13 heteroatoms. The summed E-state index contributed by atoms with van der Waals surface area (Å²) in [5.74, 6) is -1.71. The minimum absolute atomic E-state index is 0.0879. The molecule has 0 N–H and O–H groups in total. The van der Waals surface area contributed by atoms with Crippen LogP contribution in [0.3, 0.4) is 0 Å². The first-order valence-electron chi connectivity index (χ1n) is 9.08. The molecule has 1 aliphatic heterocycles.